The third-order valence-corrected chi connectivity index (χ3v) is 6.03. The van der Waals surface area contributed by atoms with Gasteiger partial charge in [0.2, 0.25) is 5.91 Å². The Labute approximate surface area is 187 Å². The molecule has 1 N–H and O–H groups in total. The molecule has 2 aromatic heterocycles. The zero-order valence-corrected chi connectivity index (χ0v) is 17.9. The lowest BCUT2D eigenvalue weighted by Gasteiger charge is -2.32. The Morgan fingerprint density at radius 1 is 0.969 bits per heavy atom. The Kier molecular flexibility index (Phi) is 5.98. The molecule has 0 spiro atoms. The molecule has 166 valence electrons. The first-order valence-corrected chi connectivity index (χ1v) is 11.1. The molecule has 2 saturated heterocycles. The van der Waals surface area contributed by atoms with Crippen molar-refractivity contribution in [2.75, 3.05) is 54.5 Å². The average molecular weight is 434 g/mol. The number of imidazole rings is 1. The lowest BCUT2D eigenvalue weighted by molar-refractivity contribution is -0.120. The van der Waals surface area contributed by atoms with E-state index < -0.39 is 0 Å². The van der Waals surface area contributed by atoms with Crippen LogP contribution >= 0.6 is 0 Å². The quantitative estimate of drug-likeness (QED) is 0.661. The first-order chi connectivity index (χ1) is 15.8. The van der Waals surface area contributed by atoms with E-state index in [0.717, 1.165) is 68.7 Å². The number of hydrogen-bond acceptors (Lipinski definition) is 7. The van der Waals surface area contributed by atoms with E-state index in [-0.39, 0.29) is 11.8 Å². The van der Waals surface area contributed by atoms with Gasteiger partial charge in [0, 0.05) is 49.9 Å². The number of nitrogens with zero attached hydrogens (tertiary/aromatic N) is 6. The summed E-state index contributed by atoms with van der Waals surface area (Å²) in [6.07, 6.45) is 7.05. The maximum Gasteiger partial charge on any atom is 0.229 e. The number of piperidine rings is 1. The molecule has 9 nitrogen and oxygen atoms in total. The van der Waals surface area contributed by atoms with Gasteiger partial charge in [-0.25, -0.2) is 4.98 Å². The van der Waals surface area contributed by atoms with Crippen LogP contribution in [0.4, 0.5) is 17.2 Å². The van der Waals surface area contributed by atoms with Crippen LogP contribution < -0.4 is 15.1 Å². The molecule has 2 fully saturated rings. The molecule has 2 aliphatic rings. The number of morpholine rings is 1. The first kappa shape index (κ1) is 20.4. The van der Waals surface area contributed by atoms with Crippen LogP contribution in [-0.4, -0.2) is 65.0 Å². The zero-order chi connectivity index (χ0) is 21.8. The van der Waals surface area contributed by atoms with Crippen molar-refractivity contribution in [1.29, 1.82) is 0 Å². The molecule has 2 aliphatic heterocycles. The van der Waals surface area contributed by atoms with E-state index in [1.807, 2.05) is 35.0 Å². The van der Waals surface area contributed by atoms with E-state index in [0.29, 0.717) is 6.54 Å². The molecule has 1 atom stereocenters. The van der Waals surface area contributed by atoms with Crippen LogP contribution in [0.1, 0.15) is 12.8 Å². The van der Waals surface area contributed by atoms with Gasteiger partial charge in [0.1, 0.15) is 6.33 Å². The van der Waals surface area contributed by atoms with Gasteiger partial charge in [-0.05, 0) is 49.2 Å². The number of rotatable bonds is 5. The fraction of sp³-hybridized carbons (Fsp3) is 0.391. The molecule has 32 heavy (non-hydrogen) atoms. The van der Waals surface area contributed by atoms with Crippen molar-refractivity contribution in [1.82, 2.24) is 19.7 Å². The SMILES string of the molecule is O=C(Nc1ccc(N2CCOCC2)cc1)C1CCCN(c2ccc(-n3ccnc3)nn2)C1. The highest BCUT2D eigenvalue weighted by molar-refractivity contribution is 5.93. The molecule has 1 unspecified atom stereocenters. The second-order valence-corrected chi connectivity index (χ2v) is 8.14. The molecule has 5 rings (SSSR count). The van der Waals surface area contributed by atoms with Crippen molar-refractivity contribution < 1.29 is 9.53 Å². The van der Waals surface area contributed by atoms with Gasteiger partial charge in [-0.1, -0.05) is 0 Å². The van der Waals surface area contributed by atoms with Crippen LogP contribution in [0.2, 0.25) is 0 Å². The van der Waals surface area contributed by atoms with Crippen molar-refractivity contribution in [3.63, 3.8) is 0 Å². The largest absolute Gasteiger partial charge is 0.378 e. The first-order valence-electron chi connectivity index (χ1n) is 11.1. The van der Waals surface area contributed by atoms with E-state index in [4.69, 9.17) is 4.74 Å². The van der Waals surface area contributed by atoms with Crippen LogP contribution in [0.25, 0.3) is 5.82 Å². The Hall–Kier alpha value is -3.46. The summed E-state index contributed by atoms with van der Waals surface area (Å²) in [5.74, 6) is 1.48. The van der Waals surface area contributed by atoms with Gasteiger partial charge in [0.15, 0.2) is 11.6 Å². The molecule has 0 saturated carbocycles. The summed E-state index contributed by atoms with van der Waals surface area (Å²) in [4.78, 5) is 21.4. The molecule has 0 bridgehead atoms. The summed E-state index contributed by atoms with van der Waals surface area (Å²) < 4.78 is 7.23. The van der Waals surface area contributed by atoms with Crippen molar-refractivity contribution in [3.05, 3.63) is 55.1 Å². The summed E-state index contributed by atoms with van der Waals surface area (Å²) in [6, 6.07) is 11.9. The lowest BCUT2D eigenvalue weighted by Crippen LogP contribution is -2.41. The minimum Gasteiger partial charge on any atom is -0.378 e. The van der Waals surface area contributed by atoms with Gasteiger partial charge in [-0.2, -0.15) is 0 Å². The number of amides is 1. The number of anilines is 3. The van der Waals surface area contributed by atoms with Gasteiger partial charge in [-0.15, -0.1) is 10.2 Å². The predicted octanol–water partition coefficient (Wildman–Crippen LogP) is 2.35. The minimum absolute atomic E-state index is 0.0526. The standard InChI is InChI=1S/C23H27N7O2/c31-23(25-19-3-5-20(6-4-19)28-12-14-32-15-13-28)18-2-1-10-29(16-18)21-7-8-22(27-26-21)30-11-9-24-17-30/h3-9,11,17-18H,1-2,10,12-16H2,(H,25,31). The highest BCUT2D eigenvalue weighted by atomic mass is 16.5. The Bertz CT molecular complexity index is 1020. The number of nitrogens with one attached hydrogen (secondary N) is 1. The predicted molar refractivity (Wildman–Crippen MR) is 122 cm³/mol. The summed E-state index contributed by atoms with van der Waals surface area (Å²) in [5.41, 5.74) is 1.99. The van der Waals surface area contributed by atoms with Gasteiger partial charge in [0.05, 0.1) is 19.1 Å². The summed E-state index contributed by atoms with van der Waals surface area (Å²) in [6.45, 7) is 4.82. The number of hydrogen-bond donors (Lipinski definition) is 1. The molecule has 1 amide bonds. The van der Waals surface area contributed by atoms with Crippen molar-refractivity contribution in [2.24, 2.45) is 5.92 Å². The van der Waals surface area contributed by atoms with Crippen molar-refractivity contribution >= 4 is 23.1 Å². The maximum absolute atomic E-state index is 12.9. The normalized spacial score (nSPS) is 19.1. The van der Waals surface area contributed by atoms with Gasteiger partial charge in [-0.3, -0.25) is 9.36 Å². The highest BCUT2D eigenvalue weighted by Crippen LogP contribution is 2.24. The van der Waals surface area contributed by atoms with E-state index in [2.05, 4.69) is 42.4 Å². The topological polar surface area (TPSA) is 88.4 Å². The molecular formula is C23H27N7O2. The fourth-order valence-corrected chi connectivity index (χ4v) is 4.24. The number of aromatic nitrogens is 4. The molecule has 3 aromatic rings. The number of ether oxygens (including phenoxy) is 1. The van der Waals surface area contributed by atoms with E-state index >= 15 is 0 Å². The van der Waals surface area contributed by atoms with Crippen LogP contribution in [0.15, 0.2) is 55.1 Å². The minimum atomic E-state index is -0.0854. The van der Waals surface area contributed by atoms with Crippen LogP contribution in [0.3, 0.4) is 0 Å². The lowest BCUT2D eigenvalue weighted by atomic mass is 9.97. The van der Waals surface area contributed by atoms with Gasteiger partial charge >= 0.3 is 0 Å². The smallest absolute Gasteiger partial charge is 0.229 e. The summed E-state index contributed by atoms with van der Waals surface area (Å²) in [7, 11) is 0. The molecule has 9 heteroatoms. The molecule has 0 aliphatic carbocycles. The second kappa shape index (κ2) is 9.35. The number of carbonyl (C=O) groups is 1. The van der Waals surface area contributed by atoms with E-state index in [1.165, 1.54) is 0 Å². The van der Waals surface area contributed by atoms with E-state index in [1.54, 1.807) is 12.5 Å². The zero-order valence-electron chi connectivity index (χ0n) is 17.9. The Balaban J connectivity index is 1.19. The molecule has 1 aromatic carbocycles. The van der Waals surface area contributed by atoms with Crippen LogP contribution in [-0.2, 0) is 9.53 Å². The Morgan fingerprint density at radius 3 is 2.47 bits per heavy atom. The third-order valence-electron chi connectivity index (χ3n) is 6.03. The fourth-order valence-electron chi connectivity index (χ4n) is 4.24. The highest BCUT2D eigenvalue weighted by Gasteiger charge is 2.27. The summed E-state index contributed by atoms with van der Waals surface area (Å²) in [5, 5.41) is 11.8. The van der Waals surface area contributed by atoms with Gasteiger partial charge < -0.3 is 19.9 Å². The molecule has 0 radical (unpaired) electrons. The van der Waals surface area contributed by atoms with E-state index in [9.17, 15) is 4.79 Å². The number of carbonyl (C=O) groups excluding carboxylic acids is 1. The van der Waals surface area contributed by atoms with Crippen LogP contribution in [0, 0.1) is 5.92 Å². The average Bonchev–Trinajstić information content (AvgIpc) is 3.40. The third kappa shape index (κ3) is 4.57. The monoisotopic (exact) mass is 433 g/mol. The summed E-state index contributed by atoms with van der Waals surface area (Å²) >= 11 is 0. The Morgan fingerprint density at radius 2 is 1.75 bits per heavy atom. The van der Waals surface area contributed by atoms with Gasteiger partial charge in [0.25, 0.3) is 0 Å². The molecular weight excluding hydrogens is 406 g/mol. The van der Waals surface area contributed by atoms with Crippen LogP contribution in [0.5, 0.6) is 0 Å². The van der Waals surface area contributed by atoms with Crippen molar-refractivity contribution in [3.8, 4) is 5.82 Å². The van der Waals surface area contributed by atoms with Crippen molar-refractivity contribution in [2.45, 2.75) is 12.8 Å². The second-order valence-electron chi connectivity index (χ2n) is 8.14. The number of benzene rings is 1. The molecule has 4 heterocycles. The maximum atomic E-state index is 12.9.